The number of aromatic nitrogens is 3. The minimum atomic E-state index is -0.701. The lowest BCUT2D eigenvalue weighted by Gasteiger charge is -2.25. The summed E-state index contributed by atoms with van der Waals surface area (Å²) in [5.74, 6) is -0.0907. The fraction of sp³-hybridized carbons (Fsp3) is 0.391. The maximum atomic E-state index is 14.7. The van der Waals surface area contributed by atoms with Crippen LogP contribution in [0.3, 0.4) is 0 Å². The summed E-state index contributed by atoms with van der Waals surface area (Å²) in [6.07, 6.45) is 5.01. The zero-order chi connectivity index (χ0) is 23.0. The van der Waals surface area contributed by atoms with Gasteiger partial charge in [-0.1, -0.05) is 24.4 Å². The molecule has 0 aliphatic heterocycles. The number of halogens is 2. The molecule has 0 saturated heterocycles. The van der Waals surface area contributed by atoms with Crippen LogP contribution in [0.4, 0.5) is 9.18 Å². The van der Waals surface area contributed by atoms with Crippen LogP contribution in [0.1, 0.15) is 51.9 Å². The van der Waals surface area contributed by atoms with Crippen molar-refractivity contribution in [1.29, 1.82) is 0 Å². The first-order valence-electron chi connectivity index (χ1n) is 10.4. The first-order valence-corrected chi connectivity index (χ1v) is 10.8. The monoisotopic (exact) mass is 458 g/mol. The second kappa shape index (κ2) is 8.50. The Bertz CT molecular complexity index is 1220. The molecule has 3 aromatic rings. The number of pyridine rings is 1. The molecule has 1 aliphatic rings. The molecule has 0 spiro atoms. The number of nitrogens with zero attached hydrogens (tertiary/aromatic N) is 3. The highest BCUT2D eigenvalue weighted by molar-refractivity contribution is 6.35. The smallest absolute Gasteiger partial charge is 0.408 e. The highest BCUT2D eigenvalue weighted by atomic mass is 35.5. The van der Waals surface area contributed by atoms with E-state index in [1.807, 2.05) is 0 Å². The van der Waals surface area contributed by atoms with Crippen LogP contribution in [0, 0.1) is 11.7 Å². The Morgan fingerprint density at radius 2 is 2.09 bits per heavy atom. The fourth-order valence-electron chi connectivity index (χ4n) is 3.57. The number of hydrogen-bond acceptors (Lipinski definition) is 5. The molecule has 1 N–H and O–H groups in total. The number of carbonyl (C=O) groups is 1. The molecule has 1 unspecified atom stereocenters. The van der Waals surface area contributed by atoms with E-state index >= 15 is 0 Å². The predicted molar refractivity (Wildman–Crippen MR) is 120 cm³/mol. The zero-order valence-corrected chi connectivity index (χ0v) is 18.8. The topological polar surface area (TPSA) is 86.1 Å². The molecule has 1 amide bonds. The van der Waals surface area contributed by atoms with Crippen LogP contribution >= 0.6 is 11.6 Å². The first kappa shape index (κ1) is 22.2. The van der Waals surface area contributed by atoms with Crippen molar-refractivity contribution < 1.29 is 13.9 Å². The van der Waals surface area contributed by atoms with Crippen LogP contribution in [-0.4, -0.2) is 26.2 Å². The van der Waals surface area contributed by atoms with Gasteiger partial charge < -0.3 is 10.1 Å². The highest BCUT2D eigenvalue weighted by Crippen LogP contribution is 2.38. The third-order valence-electron chi connectivity index (χ3n) is 5.12. The Hall–Kier alpha value is -3.00. The lowest BCUT2D eigenvalue weighted by molar-refractivity contribution is 0.0496. The van der Waals surface area contributed by atoms with Crippen LogP contribution in [0.25, 0.3) is 16.6 Å². The second-order valence-electron chi connectivity index (χ2n) is 8.95. The van der Waals surface area contributed by atoms with E-state index in [1.54, 1.807) is 39.1 Å². The lowest BCUT2D eigenvalue weighted by Crippen LogP contribution is -2.38. The molecule has 4 rings (SSSR count). The largest absolute Gasteiger partial charge is 0.444 e. The summed E-state index contributed by atoms with van der Waals surface area (Å²) in [6.45, 7) is 5.29. The van der Waals surface area contributed by atoms with Crippen molar-refractivity contribution in [1.82, 2.24) is 19.9 Å². The molecule has 0 bridgehead atoms. The molecule has 32 heavy (non-hydrogen) atoms. The van der Waals surface area contributed by atoms with E-state index in [2.05, 4.69) is 15.3 Å². The molecule has 2 aromatic heterocycles. The van der Waals surface area contributed by atoms with Crippen molar-refractivity contribution in [3.05, 3.63) is 63.7 Å². The van der Waals surface area contributed by atoms with Gasteiger partial charge in [0.25, 0.3) is 5.56 Å². The number of carbonyl (C=O) groups excluding carboxylic acids is 1. The van der Waals surface area contributed by atoms with Crippen LogP contribution in [0.5, 0.6) is 0 Å². The molecule has 9 heteroatoms. The average molecular weight is 459 g/mol. The quantitative estimate of drug-likeness (QED) is 0.585. The molecule has 7 nitrogen and oxygen atoms in total. The van der Waals surface area contributed by atoms with Gasteiger partial charge in [-0.3, -0.25) is 14.3 Å². The SMILES string of the molecule is CC(C)(C)OC(=O)NC(CC1CC1)c1nc2c(F)ccc(Cl)c2c(=O)n1-c1cccnc1. The third-order valence-corrected chi connectivity index (χ3v) is 5.44. The molecule has 168 valence electrons. The second-order valence-corrected chi connectivity index (χ2v) is 9.36. The van der Waals surface area contributed by atoms with Gasteiger partial charge in [0.15, 0.2) is 0 Å². The number of hydrogen-bond donors (Lipinski definition) is 1. The summed E-state index contributed by atoms with van der Waals surface area (Å²) in [6, 6.07) is 5.20. The standard InChI is InChI=1S/C23H24ClFN4O3/c1-23(2,3)32-22(31)27-17(11-13-6-7-13)20-28-19-16(25)9-8-15(24)18(19)21(30)29(20)14-5-4-10-26-12-14/h4-5,8-10,12-13,17H,6-7,11H2,1-3H3,(H,27,31). The normalized spacial score (nSPS) is 14.9. The summed E-state index contributed by atoms with van der Waals surface area (Å²) < 4.78 is 21.5. The average Bonchev–Trinajstić information content (AvgIpc) is 3.53. The Morgan fingerprint density at radius 1 is 1.34 bits per heavy atom. The number of ether oxygens (including phenoxy) is 1. The Balaban J connectivity index is 1.92. The van der Waals surface area contributed by atoms with Crippen LogP contribution < -0.4 is 10.9 Å². The fourth-order valence-corrected chi connectivity index (χ4v) is 3.80. The van der Waals surface area contributed by atoms with Crippen LogP contribution in [0.2, 0.25) is 5.02 Å². The number of nitrogens with one attached hydrogen (secondary N) is 1. The summed E-state index contributed by atoms with van der Waals surface area (Å²) in [4.78, 5) is 34.8. The van der Waals surface area contributed by atoms with Gasteiger partial charge in [-0.2, -0.15) is 0 Å². The summed E-state index contributed by atoms with van der Waals surface area (Å²) >= 11 is 6.25. The van der Waals surface area contributed by atoms with Crippen LogP contribution in [0.15, 0.2) is 41.5 Å². The molecule has 1 aromatic carbocycles. The summed E-state index contributed by atoms with van der Waals surface area (Å²) in [5.41, 5.74) is -0.930. The van der Waals surface area contributed by atoms with E-state index in [4.69, 9.17) is 16.3 Å². The summed E-state index contributed by atoms with van der Waals surface area (Å²) in [5, 5.41) is 2.91. The first-order chi connectivity index (χ1) is 15.1. The maximum absolute atomic E-state index is 14.7. The van der Waals surface area contributed by atoms with E-state index in [9.17, 15) is 14.0 Å². The number of amides is 1. The van der Waals surface area contributed by atoms with Gasteiger partial charge in [-0.05, 0) is 57.4 Å². The van der Waals surface area contributed by atoms with Crippen molar-refractivity contribution in [2.45, 2.75) is 51.7 Å². The van der Waals surface area contributed by atoms with Gasteiger partial charge in [-0.25, -0.2) is 14.2 Å². The van der Waals surface area contributed by atoms with Gasteiger partial charge in [0.05, 0.1) is 28.3 Å². The minimum Gasteiger partial charge on any atom is -0.444 e. The van der Waals surface area contributed by atoms with E-state index in [-0.39, 0.29) is 21.7 Å². The Morgan fingerprint density at radius 3 is 2.72 bits per heavy atom. The number of fused-ring (bicyclic) bond motifs is 1. The number of benzene rings is 1. The Kier molecular flexibility index (Phi) is 5.90. The maximum Gasteiger partial charge on any atom is 0.408 e. The van der Waals surface area contributed by atoms with Crippen molar-refractivity contribution in [2.75, 3.05) is 0 Å². The predicted octanol–water partition coefficient (Wildman–Crippen LogP) is 4.94. The minimum absolute atomic E-state index is 0.0262. The number of alkyl carbamates (subject to hydrolysis) is 1. The van der Waals surface area contributed by atoms with Crippen molar-refractivity contribution in [2.24, 2.45) is 5.92 Å². The summed E-state index contributed by atoms with van der Waals surface area (Å²) in [7, 11) is 0. The van der Waals surface area contributed by atoms with E-state index in [0.717, 1.165) is 12.8 Å². The van der Waals surface area contributed by atoms with Crippen LogP contribution in [-0.2, 0) is 4.74 Å². The van der Waals surface area contributed by atoms with Crippen molar-refractivity contribution in [3.8, 4) is 5.69 Å². The van der Waals surface area contributed by atoms with Gasteiger partial charge in [-0.15, -0.1) is 0 Å². The molecule has 1 saturated carbocycles. The van der Waals surface area contributed by atoms with E-state index < -0.39 is 29.1 Å². The molecule has 1 atom stereocenters. The van der Waals surface area contributed by atoms with Gasteiger partial charge >= 0.3 is 6.09 Å². The van der Waals surface area contributed by atoms with Crippen molar-refractivity contribution >= 4 is 28.6 Å². The highest BCUT2D eigenvalue weighted by Gasteiger charge is 2.32. The van der Waals surface area contributed by atoms with Crippen molar-refractivity contribution in [3.63, 3.8) is 0 Å². The molecular formula is C23H24ClFN4O3. The molecule has 1 aliphatic carbocycles. The third kappa shape index (κ3) is 4.75. The van der Waals surface area contributed by atoms with E-state index in [1.165, 1.54) is 22.9 Å². The number of rotatable bonds is 5. The van der Waals surface area contributed by atoms with Gasteiger partial charge in [0.2, 0.25) is 0 Å². The van der Waals surface area contributed by atoms with E-state index in [0.29, 0.717) is 18.0 Å². The zero-order valence-electron chi connectivity index (χ0n) is 18.1. The molecule has 1 fully saturated rings. The molecule has 0 radical (unpaired) electrons. The Labute approximate surface area is 189 Å². The molecule has 2 heterocycles. The van der Waals surface area contributed by atoms with Gasteiger partial charge in [0, 0.05) is 6.20 Å². The molecular weight excluding hydrogens is 435 g/mol. The lowest BCUT2D eigenvalue weighted by atomic mass is 10.1. The van der Waals surface area contributed by atoms with Gasteiger partial charge in [0.1, 0.15) is 22.8 Å².